The highest BCUT2D eigenvalue weighted by atomic mass is 14.8. The molecule has 0 unspecified atom stereocenters. The third-order valence-electron chi connectivity index (χ3n) is 6.88. The van der Waals surface area contributed by atoms with E-state index in [-0.39, 0.29) is 0 Å². The molecule has 16 heavy (non-hydrogen) atoms. The molecule has 0 heteroatoms. The van der Waals surface area contributed by atoms with Gasteiger partial charge in [-0.05, 0) is 54.3 Å². The molecule has 0 aromatic rings. The van der Waals surface area contributed by atoms with Crippen molar-refractivity contribution in [1.29, 1.82) is 0 Å². The third-order valence-corrected chi connectivity index (χ3v) is 6.88. The Bertz CT molecular complexity index is 375. The van der Waals surface area contributed by atoms with Crippen molar-refractivity contribution in [3.05, 3.63) is 11.6 Å². The standard InChI is InChI=1S/C16H26/c1-12-7-10-14(4)9-6-8-13(2,3)16(14)11-15(12,16)5/h7H,6,8-11H2,1-5H3/t14-,15-,16-/m0/s1. The van der Waals surface area contributed by atoms with Gasteiger partial charge in [0, 0.05) is 0 Å². The second-order valence-corrected chi connectivity index (χ2v) is 7.80. The van der Waals surface area contributed by atoms with E-state index in [1.807, 2.05) is 0 Å². The van der Waals surface area contributed by atoms with Crippen LogP contribution in [-0.4, -0.2) is 0 Å². The van der Waals surface area contributed by atoms with Crippen LogP contribution in [0.3, 0.4) is 0 Å². The summed E-state index contributed by atoms with van der Waals surface area (Å²) in [7, 11) is 0. The maximum atomic E-state index is 2.57. The summed E-state index contributed by atoms with van der Waals surface area (Å²) in [5.74, 6) is 0. The van der Waals surface area contributed by atoms with Crippen LogP contribution in [0, 0.1) is 21.7 Å². The minimum absolute atomic E-state index is 0.532. The summed E-state index contributed by atoms with van der Waals surface area (Å²) in [6.07, 6.45) is 9.66. The van der Waals surface area contributed by atoms with E-state index in [0.717, 1.165) is 0 Å². The molecule has 0 aliphatic heterocycles. The highest BCUT2D eigenvalue weighted by Crippen LogP contribution is 2.86. The molecule has 0 heterocycles. The molecule has 3 atom stereocenters. The zero-order valence-corrected chi connectivity index (χ0v) is 11.6. The average molecular weight is 218 g/mol. The molecule has 90 valence electrons. The monoisotopic (exact) mass is 218 g/mol. The average Bonchev–Trinajstić information content (AvgIpc) is 2.83. The molecule has 0 aromatic carbocycles. The zero-order valence-electron chi connectivity index (χ0n) is 11.6. The molecule has 0 saturated heterocycles. The lowest BCUT2D eigenvalue weighted by Gasteiger charge is -2.56. The Morgan fingerprint density at radius 1 is 1.06 bits per heavy atom. The van der Waals surface area contributed by atoms with Crippen LogP contribution in [0.2, 0.25) is 0 Å². The van der Waals surface area contributed by atoms with Gasteiger partial charge in [0.2, 0.25) is 0 Å². The Hall–Kier alpha value is -0.260. The van der Waals surface area contributed by atoms with Gasteiger partial charge < -0.3 is 0 Å². The molecule has 0 nitrogen and oxygen atoms in total. The maximum absolute atomic E-state index is 2.57. The maximum Gasteiger partial charge on any atom is -0.00460 e. The van der Waals surface area contributed by atoms with Gasteiger partial charge in [-0.25, -0.2) is 0 Å². The predicted molar refractivity (Wildman–Crippen MR) is 69.3 cm³/mol. The van der Waals surface area contributed by atoms with Gasteiger partial charge in [-0.15, -0.1) is 0 Å². The van der Waals surface area contributed by atoms with E-state index < -0.39 is 0 Å². The number of allylic oxidation sites excluding steroid dienone is 2. The van der Waals surface area contributed by atoms with Gasteiger partial charge in [-0.2, -0.15) is 0 Å². The molecular formula is C16H26. The molecule has 0 amide bonds. The molecule has 0 aromatic heterocycles. The van der Waals surface area contributed by atoms with Gasteiger partial charge in [0.1, 0.15) is 0 Å². The first kappa shape index (κ1) is 10.9. The van der Waals surface area contributed by atoms with E-state index in [0.29, 0.717) is 21.7 Å². The van der Waals surface area contributed by atoms with Crippen molar-refractivity contribution >= 4 is 0 Å². The first-order valence-corrected chi connectivity index (χ1v) is 6.96. The molecule has 3 rings (SSSR count). The van der Waals surface area contributed by atoms with E-state index in [1.165, 1.54) is 32.1 Å². The van der Waals surface area contributed by atoms with Crippen LogP contribution in [0.25, 0.3) is 0 Å². The number of hydrogen-bond donors (Lipinski definition) is 0. The molecule has 0 radical (unpaired) electrons. The van der Waals surface area contributed by atoms with Crippen molar-refractivity contribution in [2.24, 2.45) is 21.7 Å². The van der Waals surface area contributed by atoms with Crippen LogP contribution in [-0.2, 0) is 0 Å². The van der Waals surface area contributed by atoms with Crippen molar-refractivity contribution < 1.29 is 0 Å². The highest BCUT2D eigenvalue weighted by molar-refractivity contribution is 5.39. The number of hydrogen-bond acceptors (Lipinski definition) is 0. The summed E-state index contributed by atoms with van der Waals surface area (Å²) in [6.45, 7) is 12.5. The number of rotatable bonds is 0. The summed E-state index contributed by atoms with van der Waals surface area (Å²) in [5, 5.41) is 0. The van der Waals surface area contributed by atoms with Gasteiger partial charge >= 0.3 is 0 Å². The van der Waals surface area contributed by atoms with Gasteiger partial charge in [0.15, 0.2) is 0 Å². The van der Waals surface area contributed by atoms with Crippen LogP contribution in [0.1, 0.15) is 66.7 Å². The Morgan fingerprint density at radius 2 is 1.75 bits per heavy atom. The molecule has 3 aliphatic rings. The normalized spacial score (nSPS) is 53.7. The molecule has 2 fully saturated rings. The fourth-order valence-corrected chi connectivity index (χ4v) is 5.87. The van der Waals surface area contributed by atoms with E-state index >= 15 is 0 Å². The Labute approximate surface area is 101 Å². The fourth-order valence-electron chi connectivity index (χ4n) is 5.87. The Balaban J connectivity index is 2.17. The minimum atomic E-state index is 0.532. The van der Waals surface area contributed by atoms with Gasteiger partial charge in [-0.3, -0.25) is 0 Å². The van der Waals surface area contributed by atoms with Crippen molar-refractivity contribution in [3.63, 3.8) is 0 Å². The van der Waals surface area contributed by atoms with Crippen molar-refractivity contribution in [2.45, 2.75) is 66.7 Å². The fraction of sp³-hybridized carbons (Fsp3) is 0.875. The van der Waals surface area contributed by atoms with Crippen molar-refractivity contribution in [2.75, 3.05) is 0 Å². The summed E-state index contributed by atoms with van der Waals surface area (Å²) < 4.78 is 0. The molecular weight excluding hydrogens is 192 g/mol. The third kappa shape index (κ3) is 0.866. The largest absolute Gasteiger partial charge is 0.0845 e. The van der Waals surface area contributed by atoms with Gasteiger partial charge in [-0.1, -0.05) is 45.8 Å². The van der Waals surface area contributed by atoms with Crippen LogP contribution in [0.5, 0.6) is 0 Å². The Morgan fingerprint density at radius 3 is 2.44 bits per heavy atom. The minimum Gasteiger partial charge on any atom is -0.0845 e. The molecule has 2 saturated carbocycles. The second kappa shape index (κ2) is 2.60. The molecule has 0 N–H and O–H groups in total. The lowest BCUT2D eigenvalue weighted by atomic mass is 9.48. The van der Waals surface area contributed by atoms with Gasteiger partial charge in [0.25, 0.3) is 0 Å². The van der Waals surface area contributed by atoms with Crippen LogP contribution in [0.4, 0.5) is 0 Å². The van der Waals surface area contributed by atoms with E-state index in [1.54, 1.807) is 5.57 Å². The van der Waals surface area contributed by atoms with Crippen LogP contribution in [0.15, 0.2) is 11.6 Å². The molecule has 0 bridgehead atoms. The van der Waals surface area contributed by atoms with Crippen LogP contribution < -0.4 is 0 Å². The topological polar surface area (TPSA) is 0 Å². The summed E-state index contributed by atoms with van der Waals surface area (Å²) in [4.78, 5) is 0. The second-order valence-electron chi connectivity index (χ2n) is 7.80. The lowest BCUT2D eigenvalue weighted by Crippen LogP contribution is -2.48. The zero-order chi connectivity index (χ0) is 11.8. The highest BCUT2D eigenvalue weighted by Gasteiger charge is 2.78. The smallest absolute Gasteiger partial charge is 0.00460 e. The van der Waals surface area contributed by atoms with Gasteiger partial charge in [0.05, 0.1) is 0 Å². The molecule has 3 aliphatic carbocycles. The summed E-state index contributed by atoms with van der Waals surface area (Å²) in [6, 6.07) is 0. The Kier molecular flexibility index (Phi) is 1.76. The SMILES string of the molecule is CC1=CC[C@]2(C)CCCC(C)(C)[C@@]23C[C@@]13C. The predicted octanol–water partition coefficient (Wildman–Crippen LogP) is 4.95. The van der Waals surface area contributed by atoms with E-state index in [9.17, 15) is 0 Å². The summed E-state index contributed by atoms with van der Waals surface area (Å²) in [5.41, 5.74) is 3.96. The van der Waals surface area contributed by atoms with E-state index in [4.69, 9.17) is 0 Å². The first-order valence-electron chi connectivity index (χ1n) is 6.96. The van der Waals surface area contributed by atoms with Crippen molar-refractivity contribution in [1.82, 2.24) is 0 Å². The van der Waals surface area contributed by atoms with Crippen molar-refractivity contribution in [3.8, 4) is 0 Å². The quantitative estimate of drug-likeness (QED) is 0.505. The lowest BCUT2D eigenvalue weighted by molar-refractivity contribution is -0.0502. The molecule has 1 spiro atoms. The first-order chi connectivity index (χ1) is 7.29. The van der Waals surface area contributed by atoms with E-state index in [2.05, 4.69) is 40.7 Å². The van der Waals surface area contributed by atoms with Crippen LogP contribution >= 0.6 is 0 Å². The summed E-state index contributed by atoms with van der Waals surface area (Å²) >= 11 is 0.